The Balaban J connectivity index is 0.000000298. The van der Waals surface area contributed by atoms with Crippen LogP contribution in [-0.2, 0) is 4.79 Å². The SMILES string of the molecule is Nc1nc(N2CCNCC2)c2oc3ccc(F)c(F)c3c2n1.O=C(O)C(F)(F)F. The minimum Gasteiger partial charge on any atom is -0.475 e. The van der Waals surface area contributed by atoms with E-state index in [1.165, 1.54) is 6.07 Å². The Morgan fingerprint density at radius 1 is 1.21 bits per heavy atom. The molecule has 1 aliphatic rings. The number of fused-ring (bicyclic) bond motifs is 3. The molecule has 156 valence electrons. The number of nitrogens with one attached hydrogen (secondary N) is 1. The van der Waals surface area contributed by atoms with Crippen molar-refractivity contribution in [3.05, 3.63) is 23.8 Å². The summed E-state index contributed by atoms with van der Waals surface area (Å²) in [5, 5.41) is 10.4. The first-order valence-electron chi connectivity index (χ1n) is 8.19. The molecule has 3 heterocycles. The minimum absolute atomic E-state index is 0.000449. The van der Waals surface area contributed by atoms with Crippen molar-refractivity contribution in [3.8, 4) is 0 Å². The predicted octanol–water partition coefficient (Wildman–Crippen LogP) is 2.28. The molecule has 4 rings (SSSR count). The summed E-state index contributed by atoms with van der Waals surface area (Å²) in [6.45, 7) is 3.04. The maximum absolute atomic E-state index is 14.1. The number of nitrogens with two attached hydrogens (primary N) is 1. The third-order valence-corrected chi connectivity index (χ3v) is 4.03. The first-order chi connectivity index (χ1) is 13.6. The molecule has 0 saturated carbocycles. The molecule has 0 bridgehead atoms. The molecule has 1 fully saturated rings. The number of furan rings is 1. The lowest BCUT2D eigenvalue weighted by molar-refractivity contribution is -0.192. The fraction of sp³-hybridized carbons (Fsp3) is 0.312. The molecule has 1 saturated heterocycles. The van der Waals surface area contributed by atoms with Gasteiger partial charge in [-0.3, -0.25) is 0 Å². The van der Waals surface area contributed by atoms with Crippen LogP contribution in [0.3, 0.4) is 0 Å². The standard InChI is InChI=1S/C14H13F2N5O.C2HF3O2/c15-7-1-2-8-9(10(7)16)11-12(22-8)13(20-14(17)19-11)21-5-3-18-4-6-21;3-2(4,5)1(6)7/h1-2,18H,3-6H2,(H2,17,19,20);(H,6,7). The molecule has 1 aromatic carbocycles. The van der Waals surface area contributed by atoms with E-state index < -0.39 is 23.8 Å². The van der Waals surface area contributed by atoms with E-state index in [2.05, 4.69) is 15.3 Å². The average Bonchev–Trinajstić information content (AvgIpc) is 3.03. The lowest BCUT2D eigenvalue weighted by Crippen LogP contribution is -2.44. The molecule has 0 spiro atoms. The van der Waals surface area contributed by atoms with Gasteiger partial charge in [0.15, 0.2) is 23.0 Å². The van der Waals surface area contributed by atoms with Crippen LogP contribution in [0.5, 0.6) is 0 Å². The van der Waals surface area contributed by atoms with Gasteiger partial charge in [0.2, 0.25) is 5.95 Å². The second kappa shape index (κ2) is 7.66. The van der Waals surface area contributed by atoms with Crippen molar-refractivity contribution < 1.29 is 36.3 Å². The predicted molar refractivity (Wildman–Crippen MR) is 92.4 cm³/mol. The van der Waals surface area contributed by atoms with Crippen LogP contribution in [-0.4, -0.2) is 53.4 Å². The highest BCUT2D eigenvalue weighted by atomic mass is 19.4. The Labute approximate surface area is 159 Å². The number of halogens is 5. The zero-order chi connectivity index (χ0) is 21.3. The van der Waals surface area contributed by atoms with Gasteiger partial charge in [-0.15, -0.1) is 0 Å². The summed E-state index contributed by atoms with van der Waals surface area (Å²) in [7, 11) is 0. The van der Waals surface area contributed by atoms with E-state index in [9.17, 15) is 22.0 Å². The molecule has 0 radical (unpaired) electrons. The lowest BCUT2D eigenvalue weighted by atomic mass is 10.2. The van der Waals surface area contributed by atoms with Gasteiger partial charge in [0.25, 0.3) is 0 Å². The number of hydrogen-bond donors (Lipinski definition) is 3. The van der Waals surface area contributed by atoms with Gasteiger partial charge in [-0.2, -0.15) is 18.2 Å². The van der Waals surface area contributed by atoms with Crippen molar-refractivity contribution in [3.63, 3.8) is 0 Å². The summed E-state index contributed by atoms with van der Waals surface area (Å²) in [5.74, 6) is -4.17. The topological polar surface area (TPSA) is 118 Å². The second-order valence-corrected chi connectivity index (χ2v) is 5.96. The summed E-state index contributed by atoms with van der Waals surface area (Å²) < 4.78 is 65.0. The quantitative estimate of drug-likeness (QED) is 0.515. The Hall–Kier alpha value is -3.22. The first-order valence-corrected chi connectivity index (χ1v) is 8.19. The molecule has 3 aromatic rings. The molecule has 1 aliphatic heterocycles. The molecule has 13 heteroatoms. The van der Waals surface area contributed by atoms with E-state index in [-0.39, 0.29) is 22.4 Å². The Morgan fingerprint density at radius 2 is 1.83 bits per heavy atom. The number of carboxylic acid groups (broad SMARTS) is 1. The van der Waals surface area contributed by atoms with Crippen LogP contribution < -0.4 is 16.0 Å². The van der Waals surface area contributed by atoms with Crippen molar-refractivity contribution >= 4 is 39.8 Å². The summed E-state index contributed by atoms with van der Waals surface area (Å²) >= 11 is 0. The van der Waals surface area contributed by atoms with Crippen molar-refractivity contribution in [1.29, 1.82) is 0 Å². The smallest absolute Gasteiger partial charge is 0.475 e. The number of alkyl halides is 3. The van der Waals surface area contributed by atoms with Gasteiger partial charge in [-0.25, -0.2) is 18.6 Å². The van der Waals surface area contributed by atoms with Gasteiger partial charge >= 0.3 is 12.1 Å². The van der Waals surface area contributed by atoms with Crippen molar-refractivity contribution in [2.45, 2.75) is 6.18 Å². The Morgan fingerprint density at radius 3 is 2.41 bits per heavy atom. The van der Waals surface area contributed by atoms with E-state index in [1.807, 2.05) is 4.90 Å². The summed E-state index contributed by atoms with van der Waals surface area (Å²) in [6.07, 6.45) is -5.08. The molecular formula is C16H14F5N5O3. The van der Waals surface area contributed by atoms with Gasteiger partial charge in [0, 0.05) is 26.2 Å². The Bertz CT molecular complexity index is 1060. The van der Waals surface area contributed by atoms with Gasteiger partial charge in [-0.05, 0) is 12.1 Å². The van der Waals surface area contributed by atoms with E-state index in [0.717, 1.165) is 32.2 Å². The maximum Gasteiger partial charge on any atom is 0.490 e. The van der Waals surface area contributed by atoms with Crippen molar-refractivity contribution in [1.82, 2.24) is 15.3 Å². The van der Waals surface area contributed by atoms with E-state index in [4.69, 9.17) is 20.1 Å². The van der Waals surface area contributed by atoms with Crippen LogP contribution in [0.15, 0.2) is 16.5 Å². The summed E-state index contributed by atoms with van der Waals surface area (Å²) in [5.41, 5.74) is 6.51. The van der Waals surface area contributed by atoms with Crippen LogP contribution in [0, 0.1) is 11.6 Å². The van der Waals surface area contributed by atoms with Gasteiger partial charge < -0.3 is 25.5 Å². The maximum atomic E-state index is 14.1. The van der Waals surface area contributed by atoms with Crippen LogP contribution in [0.25, 0.3) is 22.1 Å². The highest BCUT2D eigenvalue weighted by Gasteiger charge is 2.38. The first kappa shape index (κ1) is 20.5. The Kier molecular flexibility index (Phi) is 5.42. The van der Waals surface area contributed by atoms with E-state index >= 15 is 0 Å². The van der Waals surface area contributed by atoms with Crippen molar-refractivity contribution in [2.75, 3.05) is 36.8 Å². The van der Waals surface area contributed by atoms with Crippen molar-refractivity contribution in [2.24, 2.45) is 0 Å². The fourth-order valence-corrected chi connectivity index (χ4v) is 2.76. The zero-order valence-electron chi connectivity index (χ0n) is 14.6. The number of nitrogen functional groups attached to an aromatic ring is 1. The number of rotatable bonds is 1. The van der Waals surface area contributed by atoms with Crippen LogP contribution in [0.4, 0.5) is 33.7 Å². The van der Waals surface area contributed by atoms with Crippen LogP contribution >= 0.6 is 0 Å². The molecule has 0 unspecified atom stereocenters. The van der Waals surface area contributed by atoms with E-state index in [1.54, 1.807) is 0 Å². The molecule has 2 aromatic heterocycles. The van der Waals surface area contributed by atoms with Gasteiger partial charge in [-0.1, -0.05) is 0 Å². The third kappa shape index (κ3) is 4.13. The molecule has 29 heavy (non-hydrogen) atoms. The fourth-order valence-electron chi connectivity index (χ4n) is 2.76. The molecule has 0 aliphatic carbocycles. The zero-order valence-corrected chi connectivity index (χ0v) is 14.6. The monoisotopic (exact) mass is 419 g/mol. The number of nitrogens with zero attached hydrogens (tertiary/aromatic N) is 3. The van der Waals surface area contributed by atoms with Gasteiger partial charge in [0.1, 0.15) is 11.1 Å². The highest BCUT2D eigenvalue weighted by molar-refractivity contribution is 6.06. The number of aromatic nitrogens is 2. The largest absolute Gasteiger partial charge is 0.490 e. The molecule has 4 N–H and O–H groups in total. The molecule has 0 atom stereocenters. The average molecular weight is 419 g/mol. The number of carbonyl (C=O) groups is 1. The number of benzene rings is 1. The molecule has 0 amide bonds. The van der Waals surface area contributed by atoms with Gasteiger partial charge in [0.05, 0.1) is 5.39 Å². The molecular weight excluding hydrogens is 405 g/mol. The third-order valence-electron chi connectivity index (χ3n) is 4.03. The van der Waals surface area contributed by atoms with Crippen LogP contribution in [0.1, 0.15) is 0 Å². The summed E-state index contributed by atoms with van der Waals surface area (Å²) in [6, 6.07) is 2.41. The van der Waals surface area contributed by atoms with Crippen LogP contribution in [0.2, 0.25) is 0 Å². The highest BCUT2D eigenvalue weighted by Crippen LogP contribution is 2.35. The normalized spacial score (nSPS) is 14.7. The minimum atomic E-state index is -5.08. The lowest BCUT2D eigenvalue weighted by Gasteiger charge is -2.28. The molecule has 8 nitrogen and oxygen atoms in total. The number of hydrogen-bond acceptors (Lipinski definition) is 7. The van der Waals surface area contributed by atoms with E-state index in [0.29, 0.717) is 11.4 Å². The number of anilines is 2. The number of carboxylic acids is 1. The number of piperazine rings is 1. The number of aliphatic carboxylic acids is 1. The second-order valence-electron chi connectivity index (χ2n) is 5.96. The summed E-state index contributed by atoms with van der Waals surface area (Å²) in [4.78, 5) is 19.2.